The Balaban J connectivity index is 2.48. The molecule has 1 aromatic carbocycles. The Bertz CT molecular complexity index is 724. The normalized spacial score (nSPS) is 10.1. The molecule has 0 spiro atoms. The lowest BCUT2D eigenvalue weighted by atomic mass is 10.1. The van der Waals surface area contributed by atoms with Crippen molar-refractivity contribution in [2.24, 2.45) is 5.73 Å². The van der Waals surface area contributed by atoms with Crippen LogP contribution < -0.4 is 20.5 Å². The maximum absolute atomic E-state index is 11.5. The van der Waals surface area contributed by atoms with Crippen LogP contribution in [0.3, 0.4) is 0 Å². The second-order valence-corrected chi connectivity index (χ2v) is 5.52. The maximum atomic E-state index is 11.5. The van der Waals surface area contributed by atoms with Crippen LogP contribution in [0.15, 0.2) is 24.3 Å². The molecule has 0 fully saturated rings. The first kappa shape index (κ1) is 15.8. The van der Waals surface area contributed by atoms with Gasteiger partial charge in [0.25, 0.3) is 5.91 Å². The number of amides is 2. The number of ether oxygens (including phenoxy) is 2. The number of rotatable bonds is 5. The molecule has 0 aliphatic heterocycles. The van der Waals surface area contributed by atoms with E-state index < -0.39 is 5.91 Å². The molecule has 0 saturated heterocycles. The van der Waals surface area contributed by atoms with Crippen molar-refractivity contribution in [1.82, 2.24) is 0 Å². The number of hydrogen-bond donors (Lipinski definition) is 2. The van der Waals surface area contributed by atoms with Crippen molar-refractivity contribution in [2.45, 2.75) is 6.92 Å². The number of thiophene rings is 1. The van der Waals surface area contributed by atoms with Crippen molar-refractivity contribution < 1.29 is 19.1 Å². The minimum Gasteiger partial charge on any atom is -0.493 e. The standard InChI is InChI=1S/C15H16N2O4S/c1-8(18)17-15-10(14(16)19)7-13(22-15)9-4-5-11(20-2)12(6-9)21-3/h4-7H,1-3H3,(H2,16,19)(H,17,18). The van der Waals surface area contributed by atoms with Crippen LogP contribution in [-0.4, -0.2) is 26.0 Å². The zero-order valence-corrected chi connectivity index (χ0v) is 13.2. The Labute approximate surface area is 131 Å². The smallest absolute Gasteiger partial charge is 0.251 e. The predicted molar refractivity (Wildman–Crippen MR) is 85.7 cm³/mol. The highest BCUT2D eigenvalue weighted by atomic mass is 32.1. The fraction of sp³-hybridized carbons (Fsp3) is 0.200. The number of nitrogens with one attached hydrogen (secondary N) is 1. The predicted octanol–water partition coefficient (Wildman–Crippen LogP) is 2.49. The molecule has 0 saturated carbocycles. The average molecular weight is 320 g/mol. The third-order valence-corrected chi connectivity index (χ3v) is 4.05. The quantitative estimate of drug-likeness (QED) is 0.885. The molecule has 0 aliphatic rings. The van der Waals surface area contributed by atoms with Crippen LogP contribution in [0.25, 0.3) is 10.4 Å². The van der Waals surface area contributed by atoms with Gasteiger partial charge in [0.15, 0.2) is 11.5 Å². The summed E-state index contributed by atoms with van der Waals surface area (Å²) >= 11 is 1.27. The Morgan fingerprint density at radius 2 is 1.82 bits per heavy atom. The van der Waals surface area contributed by atoms with Crippen molar-refractivity contribution in [2.75, 3.05) is 19.5 Å². The molecule has 6 nitrogen and oxygen atoms in total. The molecule has 1 heterocycles. The third-order valence-electron chi connectivity index (χ3n) is 2.96. The van der Waals surface area contributed by atoms with Gasteiger partial charge in [0.2, 0.25) is 5.91 Å². The van der Waals surface area contributed by atoms with Crippen LogP contribution in [0, 0.1) is 0 Å². The molecule has 0 atom stereocenters. The van der Waals surface area contributed by atoms with E-state index in [1.807, 2.05) is 6.07 Å². The molecule has 1 aromatic heterocycles. The van der Waals surface area contributed by atoms with E-state index >= 15 is 0 Å². The highest BCUT2D eigenvalue weighted by Crippen LogP contribution is 2.38. The summed E-state index contributed by atoms with van der Waals surface area (Å²) in [6, 6.07) is 7.07. The van der Waals surface area contributed by atoms with Gasteiger partial charge >= 0.3 is 0 Å². The van der Waals surface area contributed by atoms with Gasteiger partial charge in [-0.15, -0.1) is 11.3 Å². The van der Waals surface area contributed by atoms with Crippen molar-refractivity contribution in [3.8, 4) is 21.9 Å². The van der Waals surface area contributed by atoms with Crippen LogP contribution in [0.1, 0.15) is 17.3 Å². The van der Waals surface area contributed by atoms with Gasteiger partial charge in [-0.2, -0.15) is 0 Å². The Kier molecular flexibility index (Phi) is 4.67. The van der Waals surface area contributed by atoms with Crippen molar-refractivity contribution in [3.05, 3.63) is 29.8 Å². The molecular weight excluding hydrogens is 304 g/mol. The summed E-state index contributed by atoms with van der Waals surface area (Å²) in [6.45, 7) is 1.38. The number of methoxy groups -OCH3 is 2. The number of nitrogens with two attached hydrogens (primary N) is 1. The molecule has 7 heteroatoms. The molecule has 2 rings (SSSR count). The third kappa shape index (κ3) is 3.20. The van der Waals surface area contributed by atoms with Gasteiger partial charge in [0, 0.05) is 11.8 Å². The molecule has 0 bridgehead atoms. The number of hydrogen-bond acceptors (Lipinski definition) is 5. The zero-order valence-electron chi connectivity index (χ0n) is 12.4. The minimum absolute atomic E-state index is 0.261. The fourth-order valence-corrected chi connectivity index (χ4v) is 3.06. The van der Waals surface area contributed by atoms with E-state index in [2.05, 4.69) is 5.32 Å². The minimum atomic E-state index is -0.591. The number of carbonyl (C=O) groups is 2. The SMILES string of the molecule is COc1ccc(-c2cc(C(N)=O)c(NC(C)=O)s2)cc1OC. The second kappa shape index (κ2) is 6.48. The van der Waals surface area contributed by atoms with E-state index in [1.54, 1.807) is 32.4 Å². The van der Waals surface area contributed by atoms with Gasteiger partial charge in [0.05, 0.1) is 19.8 Å². The summed E-state index contributed by atoms with van der Waals surface area (Å²) < 4.78 is 10.5. The Morgan fingerprint density at radius 3 is 2.36 bits per heavy atom. The molecular formula is C15H16N2O4S. The molecule has 2 aromatic rings. The summed E-state index contributed by atoms with van der Waals surface area (Å²) in [5, 5.41) is 3.05. The summed E-state index contributed by atoms with van der Waals surface area (Å²) in [6.07, 6.45) is 0. The van der Waals surface area contributed by atoms with E-state index in [1.165, 1.54) is 18.3 Å². The van der Waals surface area contributed by atoms with Crippen LogP contribution in [0.5, 0.6) is 11.5 Å². The van der Waals surface area contributed by atoms with Crippen molar-refractivity contribution >= 4 is 28.2 Å². The highest BCUT2D eigenvalue weighted by molar-refractivity contribution is 7.20. The van der Waals surface area contributed by atoms with E-state index in [-0.39, 0.29) is 11.5 Å². The maximum Gasteiger partial charge on any atom is 0.251 e. The summed E-state index contributed by atoms with van der Waals surface area (Å²) in [4.78, 5) is 23.5. The lowest BCUT2D eigenvalue weighted by Gasteiger charge is -2.08. The summed E-state index contributed by atoms with van der Waals surface area (Å²) in [5.74, 6) is 0.338. The number of anilines is 1. The zero-order chi connectivity index (χ0) is 16.3. The van der Waals surface area contributed by atoms with Crippen LogP contribution in [0.2, 0.25) is 0 Å². The second-order valence-electron chi connectivity index (χ2n) is 4.47. The Morgan fingerprint density at radius 1 is 1.14 bits per heavy atom. The van der Waals surface area contributed by atoms with Gasteiger partial charge in [-0.3, -0.25) is 9.59 Å². The molecule has 0 radical (unpaired) electrons. The lowest BCUT2D eigenvalue weighted by molar-refractivity contribution is -0.114. The molecule has 3 N–H and O–H groups in total. The average Bonchev–Trinajstić information content (AvgIpc) is 2.89. The molecule has 22 heavy (non-hydrogen) atoms. The highest BCUT2D eigenvalue weighted by Gasteiger charge is 2.16. The van der Waals surface area contributed by atoms with Crippen LogP contribution in [-0.2, 0) is 4.79 Å². The summed E-state index contributed by atoms with van der Waals surface area (Å²) in [7, 11) is 3.11. The largest absolute Gasteiger partial charge is 0.493 e. The number of carbonyl (C=O) groups excluding carboxylic acids is 2. The van der Waals surface area contributed by atoms with Gasteiger partial charge < -0.3 is 20.5 Å². The monoisotopic (exact) mass is 320 g/mol. The van der Waals surface area contributed by atoms with E-state index in [4.69, 9.17) is 15.2 Å². The van der Waals surface area contributed by atoms with Crippen LogP contribution >= 0.6 is 11.3 Å². The van der Waals surface area contributed by atoms with E-state index in [9.17, 15) is 9.59 Å². The van der Waals surface area contributed by atoms with E-state index in [0.717, 1.165) is 10.4 Å². The summed E-state index contributed by atoms with van der Waals surface area (Å²) in [5.41, 5.74) is 6.47. The molecule has 2 amide bonds. The number of benzene rings is 1. The molecule has 0 unspecified atom stereocenters. The molecule has 0 aliphatic carbocycles. The first-order valence-corrected chi connectivity index (χ1v) is 7.21. The lowest BCUT2D eigenvalue weighted by Crippen LogP contribution is -2.14. The number of primary amides is 1. The first-order valence-electron chi connectivity index (χ1n) is 6.40. The van der Waals surface area contributed by atoms with Gasteiger partial charge in [-0.25, -0.2) is 0 Å². The van der Waals surface area contributed by atoms with Gasteiger partial charge in [-0.05, 0) is 29.8 Å². The molecule has 116 valence electrons. The van der Waals surface area contributed by atoms with Crippen molar-refractivity contribution in [3.63, 3.8) is 0 Å². The Hall–Kier alpha value is -2.54. The first-order chi connectivity index (χ1) is 10.5. The fourth-order valence-electron chi connectivity index (χ4n) is 1.96. The van der Waals surface area contributed by atoms with Gasteiger partial charge in [0.1, 0.15) is 5.00 Å². The topological polar surface area (TPSA) is 90.6 Å². The van der Waals surface area contributed by atoms with Gasteiger partial charge in [-0.1, -0.05) is 0 Å². The van der Waals surface area contributed by atoms with E-state index in [0.29, 0.717) is 16.5 Å². The van der Waals surface area contributed by atoms with Crippen molar-refractivity contribution in [1.29, 1.82) is 0 Å². The van der Waals surface area contributed by atoms with Crippen LogP contribution in [0.4, 0.5) is 5.00 Å².